The monoisotopic (exact) mass is 285 g/mol. The molecule has 1 saturated carbocycles. The Labute approximate surface area is 109 Å². The highest BCUT2D eigenvalue weighted by molar-refractivity contribution is 5.85. The molecule has 0 radical (unpaired) electrons. The van der Waals surface area contributed by atoms with Crippen molar-refractivity contribution >= 4 is 12.4 Å². The molecule has 18 heavy (non-hydrogen) atoms. The predicted octanol–water partition coefficient (Wildman–Crippen LogP) is 2.71. The summed E-state index contributed by atoms with van der Waals surface area (Å²) in [7, 11) is 0. The summed E-state index contributed by atoms with van der Waals surface area (Å²) >= 11 is 0. The zero-order valence-electron chi connectivity index (χ0n) is 9.66. The van der Waals surface area contributed by atoms with Gasteiger partial charge in [0.25, 0.3) is 0 Å². The molecule has 8 heteroatoms. The molecule has 0 amide bonds. The number of nitrogens with zero attached hydrogens (tertiary/aromatic N) is 2. The van der Waals surface area contributed by atoms with Crippen LogP contribution in [-0.2, 0) is 12.0 Å². The number of nitrogens with two attached hydrogens (primary N) is 1. The first-order valence-electron chi connectivity index (χ1n) is 5.58. The first kappa shape index (κ1) is 15.2. The Bertz CT molecular complexity index is 388. The van der Waals surface area contributed by atoms with Crippen LogP contribution in [0.4, 0.5) is 13.2 Å². The van der Waals surface area contributed by atoms with Crippen molar-refractivity contribution in [1.82, 2.24) is 10.1 Å². The van der Waals surface area contributed by atoms with Crippen molar-refractivity contribution in [3.8, 4) is 0 Å². The fraction of sp³-hybridized carbons (Fsp3) is 0.800. The molecule has 1 fully saturated rings. The Kier molecular flexibility index (Phi) is 4.61. The van der Waals surface area contributed by atoms with Crippen molar-refractivity contribution in [2.75, 3.05) is 0 Å². The third kappa shape index (κ3) is 3.58. The molecule has 0 atom stereocenters. The highest BCUT2D eigenvalue weighted by Gasteiger charge is 2.36. The van der Waals surface area contributed by atoms with Crippen LogP contribution in [0.25, 0.3) is 0 Å². The quantitative estimate of drug-likeness (QED) is 0.927. The number of aryl methyl sites for hydroxylation is 1. The van der Waals surface area contributed by atoms with Gasteiger partial charge in [-0.1, -0.05) is 18.0 Å². The van der Waals surface area contributed by atoms with Crippen LogP contribution in [0.1, 0.15) is 43.8 Å². The molecule has 0 unspecified atom stereocenters. The standard InChI is InChI=1S/C10H14F3N3O.ClH/c11-10(12,13)6-3-7-15-8(16-17-7)9(14)4-1-2-5-9;/h1-6,14H2;1H. The van der Waals surface area contributed by atoms with Gasteiger partial charge in [-0.3, -0.25) is 0 Å². The van der Waals surface area contributed by atoms with E-state index in [1.807, 2.05) is 0 Å². The maximum Gasteiger partial charge on any atom is 0.389 e. The second-order valence-electron chi connectivity index (χ2n) is 4.49. The second-order valence-corrected chi connectivity index (χ2v) is 4.49. The summed E-state index contributed by atoms with van der Waals surface area (Å²) in [6.07, 6.45) is -1.95. The number of halogens is 4. The summed E-state index contributed by atoms with van der Waals surface area (Å²) in [5.41, 5.74) is 5.46. The highest BCUT2D eigenvalue weighted by Crippen LogP contribution is 2.34. The molecule has 104 valence electrons. The van der Waals surface area contributed by atoms with Crippen molar-refractivity contribution in [2.45, 2.75) is 50.2 Å². The first-order valence-corrected chi connectivity index (χ1v) is 5.58. The molecular formula is C10H15ClF3N3O. The smallest absolute Gasteiger partial charge is 0.339 e. The Morgan fingerprint density at radius 2 is 1.89 bits per heavy atom. The summed E-state index contributed by atoms with van der Waals surface area (Å²) in [4.78, 5) is 3.96. The zero-order chi connectivity index (χ0) is 12.5. The molecule has 1 aliphatic carbocycles. The lowest BCUT2D eigenvalue weighted by Crippen LogP contribution is -2.34. The Morgan fingerprint density at radius 1 is 1.28 bits per heavy atom. The molecule has 0 spiro atoms. The van der Waals surface area contributed by atoms with Gasteiger partial charge >= 0.3 is 6.18 Å². The van der Waals surface area contributed by atoms with Crippen molar-refractivity contribution in [2.24, 2.45) is 5.73 Å². The van der Waals surface area contributed by atoms with Crippen LogP contribution >= 0.6 is 12.4 Å². The number of aromatic nitrogens is 2. The Hall–Kier alpha value is -0.820. The first-order chi connectivity index (χ1) is 7.89. The summed E-state index contributed by atoms with van der Waals surface area (Å²) in [5.74, 6) is 0.348. The fourth-order valence-corrected chi connectivity index (χ4v) is 2.04. The average molecular weight is 286 g/mol. The molecule has 0 aromatic carbocycles. The summed E-state index contributed by atoms with van der Waals surface area (Å²) in [6, 6.07) is 0. The van der Waals surface area contributed by atoms with Crippen LogP contribution in [0.5, 0.6) is 0 Å². The minimum Gasteiger partial charge on any atom is -0.339 e. The van der Waals surface area contributed by atoms with Gasteiger partial charge in [0, 0.05) is 6.42 Å². The number of hydrogen-bond donors (Lipinski definition) is 1. The van der Waals surface area contributed by atoms with Crippen molar-refractivity contribution < 1.29 is 17.7 Å². The van der Waals surface area contributed by atoms with E-state index >= 15 is 0 Å². The molecule has 1 heterocycles. The molecular weight excluding hydrogens is 271 g/mol. The van der Waals surface area contributed by atoms with Crippen molar-refractivity contribution in [3.05, 3.63) is 11.7 Å². The Morgan fingerprint density at radius 3 is 2.44 bits per heavy atom. The van der Waals surface area contributed by atoms with E-state index in [0.29, 0.717) is 5.82 Å². The summed E-state index contributed by atoms with van der Waals surface area (Å²) in [6.45, 7) is 0. The van der Waals surface area contributed by atoms with E-state index in [1.54, 1.807) is 0 Å². The maximum atomic E-state index is 12.0. The van der Waals surface area contributed by atoms with Crippen LogP contribution < -0.4 is 5.73 Å². The molecule has 2 N–H and O–H groups in total. The highest BCUT2D eigenvalue weighted by atomic mass is 35.5. The SMILES string of the molecule is Cl.NC1(c2noc(CCC(F)(F)F)n2)CCCC1. The fourth-order valence-electron chi connectivity index (χ4n) is 2.04. The minimum atomic E-state index is -4.21. The lowest BCUT2D eigenvalue weighted by Gasteiger charge is -2.17. The van der Waals surface area contributed by atoms with Crippen LogP contribution in [-0.4, -0.2) is 16.3 Å². The summed E-state index contributed by atoms with van der Waals surface area (Å²) in [5, 5.41) is 3.69. The maximum absolute atomic E-state index is 12.0. The van der Waals surface area contributed by atoms with Crippen LogP contribution in [0, 0.1) is 0 Å². The average Bonchev–Trinajstić information content (AvgIpc) is 2.83. The minimum absolute atomic E-state index is 0. The van der Waals surface area contributed by atoms with Crippen LogP contribution in [0.3, 0.4) is 0 Å². The third-order valence-corrected chi connectivity index (χ3v) is 3.03. The van der Waals surface area contributed by atoms with Gasteiger partial charge in [0.1, 0.15) is 0 Å². The topological polar surface area (TPSA) is 64.9 Å². The van der Waals surface area contributed by atoms with Crippen LogP contribution in [0.15, 0.2) is 4.52 Å². The molecule has 1 aromatic rings. The van der Waals surface area contributed by atoms with Gasteiger partial charge in [-0.15, -0.1) is 12.4 Å². The second kappa shape index (κ2) is 5.44. The van der Waals surface area contributed by atoms with Gasteiger partial charge < -0.3 is 10.3 Å². The normalized spacial score (nSPS) is 18.7. The van der Waals surface area contributed by atoms with E-state index in [-0.39, 0.29) is 24.7 Å². The number of hydrogen-bond acceptors (Lipinski definition) is 4. The van der Waals surface area contributed by atoms with E-state index in [9.17, 15) is 13.2 Å². The number of rotatable bonds is 3. The van der Waals surface area contributed by atoms with E-state index in [2.05, 4.69) is 10.1 Å². The zero-order valence-corrected chi connectivity index (χ0v) is 10.5. The van der Waals surface area contributed by atoms with E-state index in [0.717, 1.165) is 25.7 Å². The molecule has 1 aliphatic rings. The summed E-state index contributed by atoms with van der Waals surface area (Å²) < 4.78 is 40.8. The van der Waals surface area contributed by atoms with Crippen molar-refractivity contribution in [1.29, 1.82) is 0 Å². The lowest BCUT2D eigenvalue weighted by molar-refractivity contribution is -0.134. The Balaban J connectivity index is 0.00000162. The van der Waals surface area contributed by atoms with E-state index < -0.39 is 18.1 Å². The van der Waals surface area contributed by atoms with Crippen LogP contribution in [0.2, 0.25) is 0 Å². The number of alkyl halides is 3. The third-order valence-electron chi connectivity index (χ3n) is 3.03. The van der Waals surface area contributed by atoms with Crippen molar-refractivity contribution in [3.63, 3.8) is 0 Å². The van der Waals surface area contributed by atoms with E-state index in [1.165, 1.54) is 0 Å². The lowest BCUT2D eigenvalue weighted by atomic mass is 9.99. The molecule has 1 aromatic heterocycles. The predicted molar refractivity (Wildman–Crippen MR) is 60.3 cm³/mol. The van der Waals surface area contributed by atoms with Gasteiger partial charge in [0.15, 0.2) is 5.82 Å². The molecule has 0 bridgehead atoms. The van der Waals surface area contributed by atoms with Gasteiger partial charge in [-0.2, -0.15) is 18.2 Å². The van der Waals surface area contributed by atoms with Gasteiger partial charge in [-0.05, 0) is 12.8 Å². The van der Waals surface area contributed by atoms with E-state index in [4.69, 9.17) is 10.3 Å². The van der Waals surface area contributed by atoms with Gasteiger partial charge in [-0.25, -0.2) is 0 Å². The molecule has 0 aliphatic heterocycles. The van der Waals surface area contributed by atoms with Gasteiger partial charge in [0.05, 0.1) is 12.0 Å². The largest absolute Gasteiger partial charge is 0.389 e. The molecule has 0 saturated heterocycles. The molecule has 2 rings (SSSR count). The molecule has 4 nitrogen and oxygen atoms in total. The van der Waals surface area contributed by atoms with Gasteiger partial charge in [0.2, 0.25) is 5.89 Å².